The monoisotopic (exact) mass is 429 g/mol. The molecule has 164 valence electrons. The molecule has 6 nitrogen and oxygen atoms in total. The Morgan fingerprint density at radius 2 is 1.77 bits per heavy atom. The van der Waals surface area contributed by atoms with Gasteiger partial charge in [0.05, 0.1) is 5.92 Å². The first kappa shape index (κ1) is 22.4. The fourth-order valence-corrected chi connectivity index (χ4v) is 3.65. The molecule has 0 saturated carbocycles. The van der Waals surface area contributed by atoms with Crippen molar-refractivity contribution in [1.29, 1.82) is 0 Å². The Morgan fingerprint density at radius 3 is 2.42 bits per heavy atom. The molecule has 8 heteroatoms. The van der Waals surface area contributed by atoms with Gasteiger partial charge in [-0.1, -0.05) is 23.8 Å². The normalized spacial score (nSPS) is 17.0. The first-order valence-electron chi connectivity index (χ1n) is 10.1. The number of amides is 3. The molecule has 2 N–H and O–H groups in total. The number of benzene rings is 2. The summed E-state index contributed by atoms with van der Waals surface area (Å²) in [5, 5.41) is 5.05. The summed E-state index contributed by atoms with van der Waals surface area (Å²) in [5.41, 5.74) is 1.73. The van der Waals surface area contributed by atoms with Crippen LogP contribution in [0.25, 0.3) is 0 Å². The smallest absolute Gasteiger partial charge is 0.253 e. The van der Waals surface area contributed by atoms with Crippen molar-refractivity contribution in [3.63, 3.8) is 0 Å². The van der Waals surface area contributed by atoms with Crippen molar-refractivity contribution in [3.8, 4) is 0 Å². The van der Waals surface area contributed by atoms with E-state index in [1.165, 1.54) is 13.1 Å². The van der Waals surface area contributed by atoms with E-state index in [9.17, 15) is 23.2 Å². The minimum Gasteiger partial charge on any atom is -0.357 e. The summed E-state index contributed by atoms with van der Waals surface area (Å²) in [7, 11) is 1.39. The molecule has 1 fully saturated rings. The number of carbonyl (C=O) groups is 3. The summed E-state index contributed by atoms with van der Waals surface area (Å²) in [6, 6.07) is 9.12. The molecule has 3 rings (SSSR count). The van der Waals surface area contributed by atoms with Crippen molar-refractivity contribution >= 4 is 17.7 Å². The number of nitrogens with zero attached hydrogens (tertiary/aromatic N) is 1. The van der Waals surface area contributed by atoms with E-state index in [0.29, 0.717) is 24.9 Å². The molecule has 31 heavy (non-hydrogen) atoms. The largest absolute Gasteiger partial charge is 0.357 e. The van der Waals surface area contributed by atoms with Crippen molar-refractivity contribution < 1.29 is 23.2 Å². The third kappa shape index (κ3) is 5.25. The fraction of sp³-hybridized carbons (Fsp3) is 0.348. The Bertz CT molecular complexity index is 979. The molecule has 3 amide bonds. The molecule has 1 heterocycles. The standard InChI is InChI=1S/C23H25F2N3O3/c1-14-5-7-15(8-6-14)23(31)28-11-3-4-17(13-28)21(29)27-20(22(30)26-2)16-9-10-18(24)19(25)12-16/h5-10,12,17,20H,3-4,11,13H2,1-2H3,(H,26,30)(H,27,29). The van der Waals surface area contributed by atoms with Crippen LogP contribution in [0.3, 0.4) is 0 Å². The Hall–Kier alpha value is -3.29. The van der Waals surface area contributed by atoms with E-state index in [-0.39, 0.29) is 18.0 Å². The maximum absolute atomic E-state index is 13.7. The molecule has 0 aromatic heterocycles. The summed E-state index contributed by atoms with van der Waals surface area (Å²) >= 11 is 0. The molecule has 1 aliphatic heterocycles. The highest BCUT2D eigenvalue weighted by Crippen LogP contribution is 2.22. The molecule has 1 saturated heterocycles. The number of carbonyl (C=O) groups excluding carboxylic acids is 3. The second-order valence-corrected chi connectivity index (χ2v) is 7.69. The Kier molecular flexibility index (Phi) is 6.99. The number of hydrogen-bond acceptors (Lipinski definition) is 3. The number of hydrogen-bond donors (Lipinski definition) is 2. The third-order valence-electron chi connectivity index (χ3n) is 5.45. The van der Waals surface area contributed by atoms with Crippen LogP contribution in [0.4, 0.5) is 8.78 Å². The average Bonchev–Trinajstić information content (AvgIpc) is 2.79. The van der Waals surface area contributed by atoms with Crippen molar-refractivity contribution in [2.75, 3.05) is 20.1 Å². The number of halogens is 2. The molecule has 2 unspecified atom stereocenters. The van der Waals surface area contributed by atoms with Crippen LogP contribution < -0.4 is 10.6 Å². The van der Waals surface area contributed by atoms with Crippen LogP contribution in [0.2, 0.25) is 0 Å². The van der Waals surface area contributed by atoms with Gasteiger partial charge in [0.2, 0.25) is 11.8 Å². The van der Waals surface area contributed by atoms with Gasteiger partial charge in [0, 0.05) is 25.7 Å². The number of aryl methyl sites for hydroxylation is 1. The van der Waals surface area contributed by atoms with Gasteiger partial charge in [0.1, 0.15) is 6.04 Å². The van der Waals surface area contributed by atoms with Gasteiger partial charge in [-0.05, 0) is 49.6 Å². The predicted molar refractivity (Wildman–Crippen MR) is 111 cm³/mol. The van der Waals surface area contributed by atoms with E-state index in [1.807, 2.05) is 19.1 Å². The second-order valence-electron chi connectivity index (χ2n) is 7.69. The maximum atomic E-state index is 13.7. The highest BCUT2D eigenvalue weighted by molar-refractivity contribution is 5.95. The molecule has 2 aromatic rings. The lowest BCUT2D eigenvalue weighted by atomic mass is 9.95. The first-order chi connectivity index (χ1) is 14.8. The van der Waals surface area contributed by atoms with Crippen molar-refractivity contribution in [2.45, 2.75) is 25.8 Å². The van der Waals surface area contributed by atoms with E-state index in [0.717, 1.165) is 17.7 Å². The molecule has 0 spiro atoms. The average molecular weight is 429 g/mol. The summed E-state index contributed by atoms with van der Waals surface area (Å²) in [5.74, 6) is -3.78. The zero-order valence-electron chi connectivity index (χ0n) is 17.5. The van der Waals surface area contributed by atoms with Crippen molar-refractivity contribution in [1.82, 2.24) is 15.5 Å². The highest BCUT2D eigenvalue weighted by Gasteiger charge is 2.32. The van der Waals surface area contributed by atoms with E-state index in [1.54, 1.807) is 17.0 Å². The zero-order valence-corrected chi connectivity index (χ0v) is 17.5. The number of likely N-dealkylation sites (N-methyl/N-ethyl adjacent to an activating group) is 1. The lowest BCUT2D eigenvalue weighted by Gasteiger charge is -2.33. The molecule has 1 aliphatic rings. The minimum absolute atomic E-state index is 0.134. The van der Waals surface area contributed by atoms with Crippen LogP contribution in [0.1, 0.15) is 40.4 Å². The van der Waals surface area contributed by atoms with Gasteiger partial charge in [0.15, 0.2) is 11.6 Å². The summed E-state index contributed by atoms with van der Waals surface area (Å²) in [6.07, 6.45) is 1.20. The highest BCUT2D eigenvalue weighted by atomic mass is 19.2. The number of likely N-dealkylation sites (tertiary alicyclic amines) is 1. The number of nitrogens with one attached hydrogen (secondary N) is 2. The van der Waals surface area contributed by atoms with E-state index >= 15 is 0 Å². The Labute approximate surface area is 179 Å². The van der Waals surface area contributed by atoms with Crippen molar-refractivity contribution in [3.05, 3.63) is 70.8 Å². The fourth-order valence-electron chi connectivity index (χ4n) is 3.65. The van der Waals surface area contributed by atoms with Gasteiger partial charge in [-0.3, -0.25) is 14.4 Å². The third-order valence-corrected chi connectivity index (χ3v) is 5.45. The topological polar surface area (TPSA) is 78.5 Å². The van der Waals surface area contributed by atoms with Crippen LogP contribution in [0.5, 0.6) is 0 Å². The number of piperidine rings is 1. The van der Waals surface area contributed by atoms with Gasteiger partial charge in [-0.15, -0.1) is 0 Å². The molecular formula is C23H25F2N3O3. The van der Waals surface area contributed by atoms with Crippen molar-refractivity contribution in [2.24, 2.45) is 5.92 Å². The SMILES string of the molecule is CNC(=O)C(NC(=O)C1CCCN(C(=O)c2ccc(C)cc2)C1)c1ccc(F)c(F)c1. The second kappa shape index (κ2) is 9.68. The summed E-state index contributed by atoms with van der Waals surface area (Å²) in [4.78, 5) is 39.6. The predicted octanol–water partition coefficient (Wildman–Crippen LogP) is 2.73. The van der Waals surface area contributed by atoms with Gasteiger partial charge >= 0.3 is 0 Å². The van der Waals surface area contributed by atoms with Gasteiger partial charge < -0.3 is 15.5 Å². The zero-order chi connectivity index (χ0) is 22.5. The molecule has 2 atom stereocenters. The van der Waals surface area contributed by atoms with Gasteiger partial charge in [-0.2, -0.15) is 0 Å². The molecular weight excluding hydrogens is 404 g/mol. The van der Waals surface area contributed by atoms with Crippen LogP contribution in [-0.4, -0.2) is 42.8 Å². The first-order valence-corrected chi connectivity index (χ1v) is 10.1. The van der Waals surface area contributed by atoms with Gasteiger partial charge in [0.25, 0.3) is 5.91 Å². The molecule has 0 radical (unpaired) electrons. The number of rotatable bonds is 5. The summed E-state index contributed by atoms with van der Waals surface area (Å²) in [6.45, 7) is 2.70. The quantitative estimate of drug-likeness (QED) is 0.767. The van der Waals surface area contributed by atoms with Gasteiger partial charge in [-0.25, -0.2) is 8.78 Å². The lowest BCUT2D eigenvalue weighted by Crippen LogP contribution is -2.48. The van der Waals surface area contributed by atoms with Crippen LogP contribution >= 0.6 is 0 Å². The van der Waals surface area contributed by atoms with Crippen LogP contribution in [-0.2, 0) is 9.59 Å². The maximum Gasteiger partial charge on any atom is 0.253 e. The van der Waals surface area contributed by atoms with E-state index in [2.05, 4.69) is 10.6 Å². The van der Waals surface area contributed by atoms with E-state index < -0.39 is 35.4 Å². The van der Waals surface area contributed by atoms with E-state index in [4.69, 9.17) is 0 Å². The Balaban J connectivity index is 1.72. The van der Waals surface area contributed by atoms with Crippen LogP contribution in [0.15, 0.2) is 42.5 Å². The summed E-state index contributed by atoms with van der Waals surface area (Å²) < 4.78 is 26.9. The molecule has 2 aromatic carbocycles. The molecule has 0 bridgehead atoms. The molecule has 0 aliphatic carbocycles. The Morgan fingerprint density at radius 1 is 1.06 bits per heavy atom. The van der Waals surface area contributed by atoms with Crippen LogP contribution in [0, 0.1) is 24.5 Å². The minimum atomic E-state index is -1.17. The lowest BCUT2D eigenvalue weighted by molar-refractivity contribution is -0.132.